The molecule has 0 aliphatic heterocycles. The third-order valence-electron chi connectivity index (χ3n) is 2.28. The first-order chi connectivity index (χ1) is 8.61. The minimum absolute atomic E-state index is 0.186. The summed E-state index contributed by atoms with van der Waals surface area (Å²) < 4.78 is 11.3. The number of hydrogen-bond acceptors (Lipinski definition) is 3. The average molecular weight is 330 g/mol. The van der Waals surface area contributed by atoms with E-state index in [9.17, 15) is 4.79 Å². The number of carbonyl (C=O) groups excluding carboxylic acids is 1. The Kier molecular flexibility index (Phi) is 4.09. The van der Waals surface area contributed by atoms with Crippen LogP contribution in [-0.4, -0.2) is 12.4 Å². The highest BCUT2D eigenvalue weighted by Crippen LogP contribution is 2.27. The number of rotatable bonds is 4. The maximum atomic E-state index is 12.3. The van der Waals surface area contributed by atoms with Gasteiger partial charge in [0.05, 0.1) is 12.2 Å². The van der Waals surface area contributed by atoms with Crippen molar-refractivity contribution in [3.63, 3.8) is 0 Å². The van der Waals surface area contributed by atoms with Gasteiger partial charge in [0.1, 0.15) is 5.75 Å². The molecule has 0 saturated carbocycles. The van der Waals surface area contributed by atoms with Crippen molar-refractivity contribution in [2.24, 2.45) is 0 Å². The summed E-state index contributed by atoms with van der Waals surface area (Å²) in [6.07, 6.45) is 0. The number of hydrogen-bond donors (Lipinski definition) is 0. The first-order valence-electron chi connectivity index (χ1n) is 5.34. The van der Waals surface area contributed by atoms with Crippen molar-refractivity contribution in [3.8, 4) is 5.75 Å². The van der Waals surface area contributed by atoms with E-state index in [0.29, 0.717) is 17.9 Å². The number of benzene rings is 1. The molecule has 0 unspecified atom stereocenters. The first-order valence-corrected chi connectivity index (χ1v) is 6.51. The molecule has 0 atom stereocenters. The Morgan fingerprint density at radius 3 is 2.78 bits per heavy atom. The van der Waals surface area contributed by atoms with Gasteiger partial charge in [-0.15, -0.1) is 0 Å². The minimum Gasteiger partial charge on any atom is -0.493 e. The number of ether oxygens (including phenoxy) is 1. The van der Waals surface area contributed by atoms with Crippen LogP contribution in [0.4, 0.5) is 0 Å². The molecule has 0 radical (unpaired) electrons. The van der Waals surface area contributed by atoms with Crippen molar-refractivity contribution in [1.82, 2.24) is 0 Å². The molecule has 18 heavy (non-hydrogen) atoms. The Morgan fingerprint density at radius 1 is 1.39 bits per heavy atom. The third-order valence-corrected chi connectivity index (χ3v) is 2.98. The highest BCUT2D eigenvalue weighted by atomic mass is 79.9. The summed E-state index contributed by atoms with van der Waals surface area (Å²) in [5.41, 5.74) is 0.442. The van der Waals surface area contributed by atoms with Crippen molar-refractivity contribution < 1.29 is 13.9 Å². The van der Waals surface area contributed by atoms with Crippen molar-refractivity contribution >= 4 is 33.3 Å². The van der Waals surface area contributed by atoms with E-state index in [1.165, 1.54) is 6.07 Å². The van der Waals surface area contributed by atoms with Crippen LogP contribution in [0.1, 0.15) is 23.0 Å². The zero-order chi connectivity index (χ0) is 13.1. The van der Waals surface area contributed by atoms with E-state index in [0.717, 1.165) is 4.47 Å². The van der Waals surface area contributed by atoms with Crippen LogP contribution in [0.3, 0.4) is 0 Å². The molecule has 3 nitrogen and oxygen atoms in total. The molecule has 1 aromatic carbocycles. The second-order valence-electron chi connectivity index (χ2n) is 3.51. The van der Waals surface area contributed by atoms with Crippen molar-refractivity contribution in [2.45, 2.75) is 6.92 Å². The van der Waals surface area contributed by atoms with Crippen LogP contribution >= 0.6 is 27.5 Å². The second kappa shape index (κ2) is 5.59. The molecule has 2 rings (SSSR count). The predicted octanol–water partition coefficient (Wildman–Crippen LogP) is 4.33. The number of furan rings is 1. The van der Waals surface area contributed by atoms with Crippen molar-refractivity contribution in [2.75, 3.05) is 6.61 Å². The molecular weight excluding hydrogens is 319 g/mol. The van der Waals surface area contributed by atoms with Gasteiger partial charge in [-0.2, -0.15) is 0 Å². The molecule has 2 aromatic rings. The van der Waals surface area contributed by atoms with Crippen LogP contribution in [0.2, 0.25) is 5.22 Å². The van der Waals surface area contributed by atoms with Crippen LogP contribution in [0, 0.1) is 0 Å². The van der Waals surface area contributed by atoms with E-state index in [2.05, 4.69) is 15.9 Å². The Balaban J connectivity index is 2.42. The quantitative estimate of drug-likeness (QED) is 0.784. The van der Waals surface area contributed by atoms with Gasteiger partial charge >= 0.3 is 0 Å². The van der Waals surface area contributed by atoms with E-state index < -0.39 is 0 Å². The van der Waals surface area contributed by atoms with Gasteiger partial charge in [-0.1, -0.05) is 15.9 Å². The van der Waals surface area contributed by atoms with Crippen LogP contribution in [0.15, 0.2) is 39.2 Å². The molecule has 0 bridgehead atoms. The third kappa shape index (κ3) is 2.76. The summed E-state index contributed by atoms with van der Waals surface area (Å²) >= 11 is 8.99. The Hall–Kier alpha value is -1.26. The first kappa shape index (κ1) is 13.2. The van der Waals surface area contributed by atoms with Gasteiger partial charge in [-0.3, -0.25) is 4.79 Å². The van der Waals surface area contributed by atoms with Gasteiger partial charge in [0.15, 0.2) is 11.0 Å². The van der Waals surface area contributed by atoms with Gasteiger partial charge < -0.3 is 9.15 Å². The van der Waals surface area contributed by atoms with E-state index in [1.54, 1.807) is 18.2 Å². The summed E-state index contributed by atoms with van der Waals surface area (Å²) in [6.45, 7) is 2.35. The average Bonchev–Trinajstić information content (AvgIpc) is 2.77. The van der Waals surface area contributed by atoms with Crippen molar-refractivity contribution in [1.29, 1.82) is 0 Å². The molecule has 1 aromatic heterocycles. The molecular formula is C13H10BrClO3. The molecule has 0 aliphatic carbocycles. The molecule has 5 heteroatoms. The van der Waals surface area contributed by atoms with E-state index in [1.807, 2.05) is 13.0 Å². The molecule has 0 fully saturated rings. The lowest BCUT2D eigenvalue weighted by Gasteiger charge is -2.08. The zero-order valence-electron chi connectivity index (χ0n) is 9.57. The molecule has 1 heterocycles. The largest absolute Gasteiger partial charge is 0.493 e. The topological polar surface area (TPSA) is 39.4 Å². The Labute approximate surface area is 118 Å². The SMILES string of the molecule is CCOc1ccc(Br)cc1C(=O)c1ccc(Cl)o1. The summed E-state index contributed by atoms with van der Waals surface area (Å²) in [7, 11) is 0. The van der Waals surface area contributed by atoms with Crippen molar-refractivity contribution in [3.05, 3.63) is 51.3 Å². The lowest BCUT2D eigenvalue weighted by Crippen LogP contribution is -2.04. The molecule has 0 spiro atoms. The maximum Gasteiger partial charge on any atom is 0.232 e. The van der Waals surface area contributed by atoms with E-state index in [4.69, 9.17) is 20.8 Å². The van der Waals surface area contributed by atoms with Gasteiger partial charge in [-0.05, 0) is 48.9 Å². The molecule has 0 N–H and O–H groups in total. The lowest BCUT2D eigenvalue weighted by atomic mass is 10.1. The van der Waals surface area contributed by atoms with Crippen LogP contribution in [0.25, 0.3) is 0 Å². The highest BCUT2D eigenvalue weighted by Gasteiger charge is 2.18. The summed E-state index contributed by atoms with van der Waals surface area (Å²) in [6, 6.07) is 8.33. The fraction of sp³-hybridized carbons (Fsp3) is 0.154. The Morgan fingerprint density at radius 2 is 2.17 bits per heavy atom. The molecule has 0 aliphatic rings. The van der Waals surface area contributed by atoms with Crippen LogP contribution in [0.5, 0.6) is 5.75 Å². The fourth-order valence-corrected chi connectivity index (χ4v) is 2.04. The van der Waals surface area contributed by atoms with E-state index >= 15 is 0 Å². The maximum absolute atomic E-state index is 12.3. The monoisotopic (exact) mass is 328 g/mol. The number of ketones is 1. The molecule has 0 saturated heterocycles. The smallest absolute Gasteiger partial charge is 0.232 e. The van der Waals surface area contributed by atoms with E-state index in [-0.39, 0.29) is 16.8 Å². The second-order valence-corrected chi connectivity index (χ2v) is 4.79. The predicted molar refractivity (Wildman–Crippen MR) is 72.5 cm³/mol. The van der Waals surface area contributed by atoms with Crippen LogP contribution in [-0.2, 0) is 0 Å². The standard InChI is InChI=1S/C13H10BrClO3/c1-2-17-10-4-3-8(14)7-9(10)13(16)11-5-6-12(15)18-11/h3-7H,2H2,1H3. The molecule has 0 amide bonds. The normalized spacial score (nSPS) is 10.4. The fourth-order valence-electron chi connectivity index (χ4n) is 1.53. The number of carbonyl (C=O) groups is 1. The van der Waals surface area contributed by atoms with Crippen LogP contribution < -0.4 is 4.74 Å². The zero-order valence-corrected chi connectivity index (χ0v) is 11.9. The van der Waals surface area contributed by atoms with Gasteiger partial charge in [0, 0.05) is 4.47 Å². The summed E-state index contributed by atoms with van der Waals surface area (Å²) in [4.78, 5) is 12.3. The Bertz CT molecular complexity index is 577. The summed E-state index contributed by atoms with van der Waals surface area (Å²) in [5.74, 6) is 0.462. The minimum atomic E-state index is -0.258. The van der Waals surface area contributed by atoms with Gasteiger partial charge in [0.25, 0.3) is 0 Å². The lowest BCUT2D eigenvalue weighted by molar-refractivity contribution is 0.101. The van der Waals surface area contributed by atoms with Gasteiger partial charge in [-0.25, -0.2) is 0 Å². The highest BCUT2D eigenvalue weighted by molar-refractivity contribution is 9.10. The summed E-state index contributed by atoms with van der Waals surface area (Å²) in [5, 5.41) is 0.186. The number of halogens is 2. The molecule has 94 valence electrons. The van der Waals surface area contributed by atoms with Gasteiger partial charge in [0.2, 0.25) is 5.78 Å².